The molecule has 0 aliphatic heterocycles. The molecule has 19 heavy (non-hydrogen) atoms. The Balaban J connectivity index is 2.20. The van der Waals surface area contributed by atoms with Gasteiger partial charge in [-0.25, -0.2) is 0 Å². The Kier molecular flexibility index (Phi) is 4.63. The highest BCUT2D eigenvalue weighted by atomic mass is 32.1. The third-order valence-corrected chi connectivity index (χ3v) is 4.04. The minimum Gasteiger partial charge on any atom is -0.382 e. The number of carbonyl (C=O) groups excluding carboxylic acids is 1. The molecule has 1 aliphatic rings. The Hall–Kier alpha value is -1.30. The topological polar surface area (TPSA) is 71.2 Å². The first kappa shape index (κ1) is 14.1. The van der Waals surface area contributed by atoms with Crippen molar-refractivity contribution >= 4 is 28.3 Å². The summed E-state index contributed by atoms with van der Waals surface area (Å²) >= 11 is 1.33. The molecule has 1 heterocycles. The van der Waals surface area contributed by atoms with Gasteiger partial charge in [0.15, 0.2) is 5.82 Å². The van der Waals surface area contributed by atoms with Crippen molar-refractivity contribution in [1.29, 1.82) is 0 Å². The van der Waals surface area contributed by atoms with Crippen LogP contribution >= 0.6 is 11.5 Å². The van der Waals surface area contributed by atoms with Crippen molar-refractivity contribution < 1.29 is 4.79 Å². The quantitative estimate of drug-likeness (QED) is 0.804. The first-order valence-electron chi connectivity index (χ1n) is 6.98. The number of nitrogens with two attached hydrogens (primary N) is 1. The molecule has 0 spiro atoms. The Morgan fingerprint density at radius 3 is 2.58 bits per heavy atom. The summed E-state index contributed by atoms with van der Waals surface area (Å²) in [5, 5.41) is 3.91. The lowest BCUT2D eigenvalue weighted by molar-refractivity contribution is 0.0952. The molecule has 5 nitrogen and oxygen atoms in total. The van der Waals surface area contributed by atoms with Crippen LogP contribution < -0.4 is 16.0 Å². The second-order valence-electron chi connectivity index (χ2n) is 4.98. The largest absolute Gasteiger partial charge is 0.382 e. The molecule has 106 valence electrons. The molecular weight excluding hydrogens is 260 g/mol. The molecule has 0 bridgehead atoms. The van der Waals surface area contributed by atoms with Crippen molar-refractivity contribution in [3.8, 4) is 0 Å². The molecule has 1 saturated carbocycles. The number of nitrogens with zero attached hydrogens (tertiary/aromatic N) is 2. The molecule has 2 rings (SSSR count). The number of hydrogen-bond donors (Lipinski definition) is 2. The molecule has 0 atom stereocenters. The zero-order valence-electron chi connectivity index (χ0n) is 11.6. The number of hydrogen-bond acceptors (Lipinski definition) is 5. The van der Waals surface area contributed by atoms with Gasteiger partial charge < -0.3 is 16.0 Å². The van der Waals surface area contributed by atoms with E-state index in [-0.39, 0.29) is 5.91 Å². The number of nitrogens with one attached hydrogen (secondary N) is 1. The fourth-order valence-corrected chi connectivity index (χ4v) is 2.93. The number of aromatic nitrogens is 1. The van der Waals surface area contributed by atoms with Gasteiger partial charge in [-0.05, 0) is 37.2 Å². The van der Waals surface area contributed by atoms with Crippen molar-refractivity contribution in [2.75, 3.05) is 23.7 Å². The van der Waals surface area contributed by atoms with E-state index in [0.717, 1.165) is 43.8 Å². The van der Waals surface area contributed by atoms with Gasteiger partial charge in [0.05, 0.1) is 0 Å². The average molecular weight is 282 g/mol. The average Bonchev–Trinajstić information content (AvgIpc) is 3.09. The maximum absolute atomic E-state index is 12.3. The van der Waals surface area contributed by atoms with E-state index < -0.39 is 0 Å². The monoisotopic (exact) mass is 282 g/mol. The second-order valence-corrected chi connectivity index (χ2v) is 5.73. The summed E-state index contributed by atoms with van der Waals surface area (Å²) in [6, 6.07) is 0.338. The van der Waals surface area contributed by atoms with E-state index in [9.17, 15) is 4.79 Å². The molecule has 0 aromatic carbocycles. The maximum Gasteiger partial charge on any atom is 0.258 e. The van der Waals surface area contributed by atoms with Gasteiger partial charge in [0.2, 0.25) is 0 Å². The van der Waals surface area contributed by atoms with Crippen LogP contribution in [0.1, 0.15) is 49.9 Å². The van der Waals surface area contributed by atoms with E-state index in [1.165, 1.54) is 11.5 Å². The highest BCUT2D eigenvalue weighted by Crippen LogP contribution is 2.32. The molecule has 1 fully saturated rings. The van der Waals surface area contributed by atoms with Crippen LogP contribution in [0.4, 0.5) is 10.8 Å². The van der Waals surface area contributed by atoms with Crippen molar-refractivity contribution in [3.63, 3.8) is 0 Å². The maximum atomic E-state index is 12.3. The molecule has 1 aliphatic carbocycles. The van der Waals surface area contributed by atoms with E-state index >= 15 is 0 Å². The Labute approximate surface area is 118 Å². The number of carbonyl (C=O) groups is 1. The van der Waals surface area contributed by atoms with Crippen LogP contribution in [-0.4, -0.2) is 29.4 Å². The van der Waals surface area contributed by atoms with E-state index in [4.69, 9.17) is 5.73 Å². The van der Waals surface area contributed by atoms with Crippen molar-refractivity contribution in [2.24, 2.45) is 0 Å². The van der Waals surface area contributed by atoms with Crippen LogP contribution in [0.25, 0.3) is 0 Å². The number of amides is 1. The first-order chi connectivity index (χ1) is 9.17. The summed E-state index contributed by atoms with van der Waals surface area (Å²) in [7, 11) is 0. The van der Waals surface area contributed by atoms with Gasteiger partial charge in [-0.15, -0.1) is 0 Å². The fraction of sp³-hybridized carbons (Fsp3) is 0.692. The highest BCUT2D eigenvalue weighted by Gasteiger charge is 2.28. The minimum atomic E-state index is -0.0686. The molecule has 6 heteroatoms. The van der Waals surface area contributed by atoms with Crippen LogP contribution in [0.5, 0.6) is 0 Å². The molecule has 0 radical (unpaired) electrons. The predicted molar refractivity (Wildman–Crippen MR) is 79.8 cm³/mol. The molecule has 1 aromatic heterocycles. The molecule has 1 aromatic rings. The van der Waals surface area contributed by atoms with Crippen LogP contribution in [0.3, 0.4) is 0 Å². The van der Waals surface area contributed by atoms with Gasteiger partial charge in [0.1, 0.15) is 10.6 Å². The predicted octanol–water partition coefficient (Wildman–Crippen LogP) is 2.24. The lowest BCUT2D eigenvalue weighted by Crippen LogP contribution is -2.30. The number of rotatable bonds is 7. The van der Waals surface area contributed by atoms with Gasteiger partial charge in [0.25, 0.3) is 5.91 Å². The standard InChI is InChI=1S/C13H22N4OS/c1-3-7-17(8-4-2)13-10(11(14)16-19-13)12(18)15-9-5-6-9/h9H,3-8H2,1-2H3,(H2,14,16)(H,15,18). The molecule has 3 N–H and O–H groups in total. The summed E-state index contributed by atoms with van der Waals surface area (Å²) in [5.74, 6) is 0.288. The van der Waals surface area contributed by atoms with Crippen molar-refractivity contribution in [2.45, 2.75) is 45.6 Å². The summed E-state index contributed by atoms with van der Waals surface area (Å²) in [6.45, 7) is 6.13. The summed E-state index contributed by atoms with van der Waals surface area (Å²) in [6.07, 6.45) is 4.24. The zero-order valence-corrected chi connectivity index (χ0v) is 12.4. The van der Waals surface area contributed by atoms with Gasteiger partial charge in [0, 0.05) is 19.1 Å². The van der Waals surface area contributed by atoms with Crippen LogP contribution in [0, 0.1) is 0 Å². The van der Waals surface area contributed by atoms with Crippen molar-refractivity contribution in [1.82, 2.24) is 9.69 Å². The Bertz CT molecular complexity index is 436. The smallest absolute Gasteiger partial charge is 0.258 e. The van der Waals surface area contributed by atoms with Gasteiger partial charge >= 0.3 is 0 Å². The lowest BCUT2D eigenvalue weighted by atomic mass is 10.2. The molecule has 0 unspecified atom stereocenters. The third kappa shape index (κ3) is 3.37. The molecule has 0 saturated heterocycles. The Morgan fingerprint density at radius 2 is 2.05 bits per heavy atom. The molecule has 1 amide bonds. The minimum absolute atomic E-state index is 0.0686. The summed E-state index contributed by atoms with van der Waals surface area (Å²) < 4.78 is 4.17. The summed E-state index contributed by atoms with van der Waals surface area (Å²) in [5.41, 5.74) is 6.45. The third-order valence-electron chi connectivity index (χ3n) is 3.11. The zero-order chi connectivity index (χ0) is 13.8. The van der Waals surface area contributed by atoms with Gasteiger partial charge in [-0.3, -0.25) is 4.79 Å². The Morgan fingerprint density at radius 1 is 1.42 bits per heavy atom. The van der Waals surface area contributed by atoms with E-state index in [0.29, 0.717) is 17.4 Å². The first-order valence-corrected chi connectivity index (χ1v) is 7.75. The lowest BCUT2D eigenvalue weighted by Gasteiger charge is -2.22. The SMILES string of the molecule is CCCN(CCC)c1snc(N)c1C(=O)NC1CC1. The van der Waals surface area contributed by atoms with Crippen LogP contribution in [0.15, 0.2) is 0 Å². The van der Waals surface area contributed by atoms with E-state index in [1.807, 2.05) is 0 Å². The highest BCUT2D eigenvalue weighted by molar-refractivity contribution is 7.11. The van der Waals surface area contributed by atoms with E-state index in [2.05, 4.69) is 28.4 Å². The van der Waals surface area contributed by atoms with Crippen molar-refractivity contribution in [3.05, 3.63) is 5.56 Å². The van der Waals surface area contributed by atoms with E-state index in [1.54, 1.807) is 0 Å². The summed E-state index contributed by atoms with van der Waals surface area (Å²) in [4.78, 5) is 14.5. The fourth-order valence-electron chi connectivity index (χ4n) is 2.06. The molecular formula is C13H22N4OS. The second kappa shape index (κ2) is 6.23. The van der Waals surface area contributed by atoms with Crippen LogP contribution in [0.2, 0.25) is 0 Å². The van der Waals surface area contributed by atoms with Crippen LogP contribution in [-0.2, 0) is 0 Å². The number of nitrogen functional groups attached to an aromatic ring is 1. The van der Waals surface area contributed by atoms with Gasteiger partial charge in [-0.1, -0.05) is 13.8 Å². The number of anilines is 2. The van der Waals surface area contributed by atoms with Gasteiger partial charge in [-0.2, -0.15) is 4.37 Å². The normalized spacial score (nSPS) is 14.4.